The Hall–Kier alpha value is -3.45. The van der Waals surface area contributed by atoms with E-state index in [2.05, 4.69) is 15.6 Å². The van der Waals surface area contributed by atoms with E-state index in [4.69, 9.17) is 0 Å². The summed E-state index contributed by atoms with van der Waals surface area (Å²) in [6.07, 6.45) is 4.20. The highest BCUT2D eigenvalue weighted by molar-refractivity contribution is 7.15. The van der Waals surface area contributed by atoms with E-state index in [9.17, 15) is 9.59 Å². The Bertz CT molecular complexity index is 1070. The topological polar surface area (TPSA) is 75.5 Å². The van der Waals surface area contributed by atoms with Gasteiger partial charge in [0.25, 0.3) is 0 Å². The van der Waals surface area contributed by atoms with Gasteiger partial charge in [-0.1, -0.05) is 42.5 Å². The highest BCUT2D eigenvalue weighted by atomic mass is 32.1. The Morgan fingerprint density at radius 1 is 1.00 bits per heavy atom. The molecule has 0 aliphatic rings. The molecule has 0 saturated heterocycles. The van der Waals surface area contributed by atoms with Crippen LogP contribution in [0.5, 0.6) is 0 Å². The molecule has 0 unspecified atom stereocenters. The van der Waals surface area contributed by atoms with Crippen LogP contribution < -0.4 is 10.6 Å². The molecule has 2 aromatic heterocycles. The number of amides is 2. The van der Waals surface area contributed by atoms with Gasteiger partial charge in [0.15, 0.2) is 4.96 Å². The Labute approximate surface area is 165 Å². The van der Waals surface area contributed by atoms with Gasteiger partial charge in [0.1, 0.15) is 0 Å². The van der Waals surface area contributed by atoms with E-state index in [0.717, 1.165) is 21.8 Å². The number of imidazole rings is 1. The number of rotatable bonds is 6. The maximum absolute atomic E-state index is 12.1. The maximum Gasteiger partial charge on any atom is 0.243 e. The lowest BCUT2D eigenvalue weighted by Crippen LogP contribution is -2.33. The Kier molecular flexibility index (Phi) is 5.16. The van der Waals surface area contributed by atoms with Crippen molar-refractivity contribution in [2.75, 3.05) is 11.9 Å². The van der Waals surface area contributed by atoms with Crippen LogP contribution in [0.2, 0.25) is 0 Å². The molecule has 0 aliphatic carbocycles. The average Bonchev–Trinajstić information content (AvgIpc) is 3.30. The molecule has 2 amide bonds. The van der Waals surface area contributed by atoms with Crippen molar-refractivity contribution in [2.24, 2.45) is 0 Å². The van der Waals surface area contributed by atoms with Crippen molar-refractivity contribution in [2.45, 2.75) is 6.42 Å². The number of aromatic nitrogens is 2. The van der Waals surface area contributed by atoms with Crippen LogP contribution in [-0.4, -0.2) is 27.7 Å². The third-order valence-electron chi connectivity index (χ3n) is 4.21. The van der Waals surface area contributed by atoms with Crippen LogP contribution in [0.1, 0.15) is 5.56 Å². The third-order valence-corrected chi connectivity index (χ3v) is 4.98. The maximum atomic E-state index is 12.1. The summed E-state index contributed by atoms with van der Waals surface area (Å²) in [5.74, 6) is -0.451. The van der Waals surface area contributed by atoms with Crippen LogP contribution in [0.4, 0.5) is 5.69 Å². The summed E-state index contributed by atoms with van der Waals surface area (Å²) in [5, 5.41) is 7.41. The first kappa shape index (κ1) is 17.9. The van der Waals surface area contributed by atoms with Gasteiger partial charge in [-0.3, -0.25) is 14.0 Å². The number of hydrogen-bond acceptors (Lipinski definition) is 4. The van der Waals surface area contributed by atoms with E-state index in [1.54, 1.807) is 11.3 Å². The first-order valence-corrected chi connectivity index (χ1v) is 9.68. The molecule has 28 heavy (non-hydrogen) atoms. The zero-order chi connectivity index (χ0) is 19.3. The quantitative estimate of drug-likeness (QED) is 0.530. The molecule has 2 heterocycles. The Morgan fingerprint density at radius 2 is 1.79 bits per heavy atom. The molecule has 0 radical (unpaired) electrons. The van der Waals surface area contributed by atoms with E-state index in [-0.39, 0.29) is 24.8 Å². The smallest absolute Gasteiger partial charge is 0.243 e. The third kappa shape index (κ3) is 4.27. The van der Waals surface area contributed by atoms with Gasteiger partial charge in [0, 0.05) is 29.0 Å². The number of nitrogens with zero attached hydrogens (tertiary/aromatic N) is 2. The monoisotopic (exact) mass is 390 g/mol. The second-order valence-corrected chi connectivity index (χ2v) is 7.16. The van der Waals surface area contributed by atoms with Gasteiger partial charge < -0.3 is 10.6 Å². The molecule has 0 bridgehead atoms. The van der Waals surface area contributed by atoms with Crippen LogP contribution >= 0.6 is 11.3 Å². The zero-order valence-electron chi connectivity index (χ0n) is 15.0. The van der Waals surface area contributed by atoms with Gasteiger partial charge in [0.05, 0.1) is 18.7 Å². The molecule has 140 valence electrons. The van der Waals surface area contributed by atoms with Crippen molar-refractivity contribution >= 4 is 33.8 Å². The molecule has 0 saturated carbocycles. The fourth-order valence-electron chi connectivity index (χ4n) is 2.82. The van der Waals surface area contributed by atoms with Gasteiger partial charge in [-0.2, -0.15) is 0 Å². The molecule has 4 aromatic rings. The molecule has 0 atom stereocenters. The molecule has 0 spiro atoms. The van der Waals surface area contributed by atoms with E-state index < -0.39 is 0 Å². The highest BCUT2D eigenvalue weighted by Crippen LogP contribution is 2.23. The van der Waals surface area contributed by atoms with E-state index in [1.165, 1.54) is 0 Å². The summed E-state index contributed by atoms with van der Waals surface area (Å²) < 4.78 is 1.98. The number of carbonyl (C=O) groups excluding carboxylic acids is 2. The minimum Gasteiger partial charge on any atom is -0.347 e. The summed E-state index contributed by atoms with van der Waals surface area (Å²) in [7, 11) is 0. The molecule has 0 fully saturated rings. The second-order valence-electron chi connectivity index (χ2n) is 6.28. The van der Waals surface area contributed by atoms with E-state index in [1.807, 2.05) is 76.8 Å². The van der Waals surface area contributed by atoms with Crippen molar-refractivity contribution in [3.63, 3.8) is 0 Å². The normalized spacial score (nSPS) is 10.7. The molecule has 0 aliphatic heterocycles. The van der Waals surface area contributed by atoms with Crippen molar-refractivity contribution in [3.8, 4) is 11.3 Å². The summed E-state index contributed by atoms with van der Waals surface area (Å²) in [6.45, 7) is -0.0647. The van der Waals surface area contributed by atoms with Gasteiger partial charge >= 0.3 is 0 Å². The van der Waals surface area contributed by atoms with Gasteiger partial charge in [-0.15, -0.1) is 11.3 Å². The lowest BCUT2D eigenvalue weighted by atomic mass is 10.1. The lowest BCUT2D eigenvalue weighted by molar-refractivity contribution is -0.123. The van der Waals surface area contributed by atoms with Crippen molar-refractivity contribution in [1.82, 2.24) is 14.7 Å². The van der Waals surface area contributed by atoms with Crippen LogP contribution in [0, 0.1) is 0 Å². The molecule has 4 rings (SSSR count). The average molecular weight is 390 g/mol. The van der Waals surface area contributed by atoms with E-state index in [0.29, 0.717) is 5.69 Å². The zero-order valence-corrected chi connectivity index (χ0v) is 15.8. The minimum atomic E-state index is -0.267. The standard InChI is InChI=1S/C21H18N4O2S/c26-19(12-15-4-2-1-3-5-15)22-13-20(27)23-17-8-6-16(7-9-17)18-14-25-10-11-28-21(25)24-18/h1-11,14H,12-13H2,(H,22,26)(H,23,27). The number of fused-ring (bicyclic) bond motifs is 1. The van der Waals surface area contributed by atoms with Gasteiger partial charge in [-0.25, -0.2) is 4.98 Å². The predicted molar refractivity (Wildman–Crippen MR) is 110 cm³/mol. The fourth-order valence-corrected chi connectivity index (χ4v) is 3.52. The van der Waals surface area contributed by atoms with Crippen molar-refractivity contribution in [1.29, 1.82) is 0 Å². The van der Waals surface area contributed by atoms with Gasteiger partial charge in [-0.05, 0) is 17.7 Å². The van der Waals surface area contributed by atoms with Gasteiger partial charge in [0.2, 0.25) is 11.8 Å². The Balaban J connectivity index is 1.29. The highest BCUT2D eigenvalue weighted by Gasteiger charge is 2.08. The summed E-state index contributed by atoms with van der Waals surface area (Å²) in [5.41, 5.74) is 3.45. The summed E-state index contributed by atoms with van der Waals surface area (Å²) in [6, 6.07) is 16.9. The molecular formula is C21H18N4O2S. The largest absolute Gasteiger partial charge is 0.347 e. The number of nitrogens with one attached hydrogen (secondary N) is 2. The number of hydrogen-bond donors (Lipinski definition) is 2. The van der Waals surface area contributed by atoms with Crippen molar-refractivity contribution in [3.05, 3.63) is 77.9 Å². The number of anilines is 1. The van der Waals surface area contributed by atoms with E-state index >= 15 is 0 Å². The molecule has 2 aromatic carbocycles. The Morgan fingerprint density at radius 3 is 2.54 bits per heavy atom. The second kappa shape index (κ2) is 8.06. The van der Waals surface area contributed by atoms with Crippen LogP contribution in [-0.2, 0) is 16.0 Å². The summed E-state index contributed by atoms with van der Waals surface area (Å²) in [4.78, 5) is 29.5. The lowest BCUT2D eigenvalue weighted by Gasteiger charge is -2.08. The molecule has 6 nitrogen and oxygen atoms in total. The first-order valence-electron chi connectivity index (χ1n) is 8.80. The molecule has 2 N–H and O–H groups in total. The number of benzene rings is 2. The molecule has 7 heteroatoms. The summed E-state index contributed by atoms with van der Waals surface area (Å²) >= 11 is 1.58. The van der Waals surface area contributed by atoms with Crippen molar-refractivity contribution < 1.29 is 9.59 Å². The minimum absolute atomic E-state index is 0.0647. The first-order chi connectivity index (χ1) is 13.7. The fraction of sp³-hybridized carbons (Fsp3) is 0.0952. The number of carbonyl (C=O) groups is 2. The SMILES string of the molecule is O=C(Cc1ccccc1)NCC(=O)Nc1ccc(-c2cn3ccsc3n2)cc1. The van der Waals surface area contributed by atoms with Crippen LogP contribution in [0.25, 0.3) is 16.2 Å². The number of thiazole rings is 1. The predicted octanol–water partition coefficient (Wildman–Crippen LogP) is 3.36. The van der Waals surface area contributed by atoms with Crippen LogP contribution in [0.15, 0.2) is 72.4 Å². The molecular weight excluding hydrogens is 372 g/mol. The van der Waals surface area contributed by atoms with Crippen LogP contribution in [0.3, 0.4) is 0 Å².